The largest absolute Gasteiger partial charge is 0.340 e. The summed E-state index contributed by atoms with van der Waals surface area (Å²) in [6, 6.07) is 5.72. The van der Waals surface area contributed by atoms with Gasteiger partial charge in [0.25, 0.3) is 0 Å². The second-order valence-electron chi connectivity index (χ2n) is 6.35. The number of nitrogens with one attached hydrogen (secondary N) is 2. The number of piperazine rings is 1. The molecule has 2 aliphatic heterocycles. The molecule has 0 spiro atoms. The molecular formula is C17H25Cl2FN4O2. The molecule has 1 aromatic rings. The molecule has 2 saturated heterocycles. The molecule has 146 valence electrons. The number of rotatable bonds is 4. The average Bonchev–Trinajstić information content (AvgIpc) is 3.11. The fourth-order valence-electron chi connectivity index (χ4n) is 3.19. The molecule has 6 nitrogen and oxygen atoms in total. The smallest absolute Gasteiger partial charge is 0.238 e. The summed E-state index contributed by atoms with van der Waals surface area (Å²) < 4.78 is 12.9. The van der Waals surface area contributed by atoms with Crippen LogP contribution in [0.4, 0.5) is 10.1 Å². The Hall–Kier alpha value is -1.41. The zero-order valence-corrected chi connectivity index (χ0v) is 16.1. The molecule has 2 amide bonds. The maximum atomic E-state index is 12.9. The molecular weight excluding hydrogens is 382 g/mol. The first-order valence-electron chi connectivity index (χ1n) is 8.39. The van der Waals surface area contributed by atoms with Gasteiger partial charge in [0, 0.05) is 38.4 Å². The second kappa shape index (κ2) is 10.7. The van der Waals surface area contributed by atoms with Crippen molar-refractivity contribution in [1.29, 1.82) is 0 Å². The van der Waals surface area contributed by atoms with Gasteiger partial charge in [0.15, 0.2) is 0 Å². The first kappa shape index (κ1) is 22.6. The van der Waals surface area contributed by atoms with Crippen molar-refractivity contribution in [3.8, 4) is 0 Å². The minimum absolute atomic E-state index is 0. The van der Waals surface area contributed by atoms with Gasteiger partial charge < -0.3 is 15.5 Å². The quantitative estimate of drug-likeness (QED) is 0.792. The number of carbonyl (C=O) groups excluding carboxylic acids is 2. The molecule has 26 heavy (non-hydrogen) atoms. The van der Waals surface area contributed by atoms with Gasteiger partial charge in [-0.05, 0) is 37.2 Å². The fraction of sp³-hybridized carbons (Fsp3) is 0.529. The third kappa shape index (κ3) is 6.09. The number of benzene rings is 1. The zero-order chi connectivity index (χ0) is 16.9. The normalized spacial score (nSPS) is 20.0. The Morgan fingerprint density at radius 1 is 1.12 bits per heavy atom. The lowest BCUT2D eigenvalue weighted by atomic mass is 10.1. The summed E-state index contributed by atoms with van der Waals surface area (Å²) in [6.45, 7) is 4.70. The van der Waals surface area contributed by atoms with Gasteiger partial charge in [-0.1, -0.05) is 0 Å². The van der Waals surface area contributed by atoms with Crippen molar-refractivity contribution in [2.45, 2.75) is 6.42 Å². The van der Waals surface area contributed by atoms with Gasteiger partial charge in [-0.15, -0.1) is 24.8 Å². The first-order chi connectivity index (χ1) is 11.6. The van der Waals surface area contributed by atoms with Crippen LogP contribution in [0.15, 0.2) is 24.3 Å². The molecule has 1 atom stereocenters. The van der Waals surface area contributed by atoms with E-state index in [9.17, 15) is 14.0 Å². The minimum Gasteiger partial charge on any atom is -0.340 e. The van der Waals surface area contributed by atoms with Crippen LogP contribution >= 0.6 is 24.8 Å². The molecule has 1 aromatic carbocycles. The van der Waals surface area contributed by atoms with Crippen LogP contribution in [0.5, 0.6) is 0 Å². The van der Waals surface area contributed by atoms with E-state index in [-0.39, 0.29) is 54.9 Å². The van der Waals surface area contributed by atoms with Gasteiger partial charge in [-0.3, -0.25) is 14.5 Å². The Morgan fingerprint density at radius 2 is 1.77 bits per heavy atom. The number of hydrogen-bond acceptors (Lipinski definition) is 4. The Labute approximate surface area is 165 Å². The van der Waals surface area contributed by atoms with Crippen molar-refractivity contribution in [3.63, 3.8) is 0 Å². The van der Waals surface area contributed by atoms with Crippen molar-refractivity contribution in [2.24, 2.45) is 5.92 Å². The number of hydrogen-bond donors (Lipinski definition) is 2. The van der Waals surface area contributed by atoms with E-state index in [1.165, 1.54) is 12.1 Å². The van der Waals surface area contributed by atoms with E-state index >= 15 is 0 Å². The molecule has 2 fully saturated rings. The van der Waals surface area contributed by atoms with Crippen molar-refractivity contribution < 1.29 is 14.0 Å². The topological polar surface area (TPSA) is 64.7 Å². The summed E-state index contributed by atoms with van der Waals surface area (Å²) in [5.74, 6) is -0.110. The molecule has 9 heteroatoms. The lowest BCUT2D eigenvalue weighted by Gasteiger charge is -2.35. The van der Waals surface area contributed by atoms with Gasteiger partial charge in [-0.2, -0.15) is 0 Å². The minimum atomic E-state index is -0.328. The molecule has 0 aromatic heterocycles. The van der Waals surface area contributed by atoms with E-state index in [4.69, 9.17) is 0 Å². The van der Waals surface area contributed by atoms with Crippen LogP contribution in [-0.4, -0.2) is 67.4 Å². The number of amides is 2. The number of carbonyl (C=O) groups is 2. The highest BCUT2D eigenvalue weighted by atomic mass is 35.5. The van der Waals surface area contributed by atoms with Crippen LogP contribution in [0.25, 0.3) is 0 Å². The Balaban J connectivity index is 0.00000169. The van der Waals surface area contributed by atoms with Crippen molar-refractivity contribution in [2.75, 3.05) is 51.1 Å². The summed E-state index contributed by atoms with van der Waals surface area (Å²) in [6.07, 6.45) is 0.916. The van der Waals surface area contributed by atoms with Crippen LogP contribution in [0.1, 0.15) is 6.42 Å². The van der Waals surface area contributed by atoms with Gasteiger partial charge in [0.2, 0.25) is 11.8 Å². The van der Waals surface area contributed by atoms with E-state index in [1.54, 1.807) is 12.1 Å². The van der Waals surface area contributed by atoms with Crippen LogP contribution in [0.2, 0.25) is 0 Å². The zero-order valence-electron chi connectivity index (χ0n) is 14.4. The first-order valence-corrected chi connectivity index (χ1v) is 8.39. The molecule has 2 heterocycles. The standard InChI is InChI=1S/C17H23FN4O2.2ClH/c18-14-1-3-15(4-2-14)20-16(23)12-21-7-9-22(10-8-21)17(24)13-5-6-19-11-13;;/h1-4,13,19H,5-12H2,(H,20,23);2*1H. The molecule has 1 unspecified atom stereocenters. The number of halogens is 3. The molecule has 0 bridgehead atoms. The summed E-state index contributed by atoms with van der Waals surface area (Å²) in [7, 11) is 0. The SMILES string of the molecule is Cl.Cl.O=C(CN1CCN(C(=O)C2CCNC2)CC1)Nc1ccc(F)cc1. The van der Waals surface area contributed by atoms with E-state index in [1.807, 2.05) is 9.80 Å². The maximum absolute atomic E-state index is 12.9. The van der Waals surface area contributed by atoms with Gasteiger partial charge in [-0.25, -0.2) is 4.39 Å². The maximum Gasteiger partial charge on any atom is 0.238 e. The third-order valence-electron chi connectivity index (χ3n) is 4.59. The van der Waals surface area contributed by atoms with Gasteiger partial charge in [0.05, 0.1) is 12.5 Å². The number of anilines is 1. The Bertz CT molecular complexity index is 589. The summed E-state index contributed by atoms with van der Waals surface area (Å²) in [4.78, 5) is 28.4. The molecule has 2 aliphatic rings. The lowest BCUT2D eigenvalue weighted by Crippen LogP contribution is -2.52. The van der Waals surface area contributed by atoms with E-state index in [2.05, 4.69) is 10.6 Å². The molecule has 0 saturated carbocycles. The highest BCUT2D eigenvalue weighted by molar-refractivity contribution is 5.92. The van der Waals surface area contributed by atoms with Crippen LogP contribution < -0.4 is 10.6 Å². The average molecular weight is 407 g/mol. The monoisotopic (exact) mass is 406 g/mol. The molecule has 0 aliphatic carbocycles. The van der Waals surface area contributed by atoms with Gasteiger partial charge in [0.1, 0.15) is 5.82 Å². The predicted molar refractivity (Wildman–Crippen MR) is 104 cm³/mol. The van der Waals surface area contributed by atoms with Crippen LogP contribution in [0, 0.1) is 11.7 Å². The van der Waals surface area contributed by atoms with Gasteiger partial charge >= 0.3 is 0 Å². The fourth-order valence-corrected chi connectivity index (χ4v) is 3.19. The molecule has 0 radical (unpaired) electrons. The number of nitrogens with zero attached hydrogens (tertiary/aromatic N) is 2. The summed E-state index contributed by atoms with van der Waals surface area (Å²) in [5.41, 5.74) is 0.587. The van der Waals surface area contributed by atoms with E-state index < -0.39 is 0 Å². The summed E-state index contributed by atoms with van der Waals surface area (Å²) in [5, 5.41) is 5.98. The summed E-state index contributed by atoms with van der Waals surface area (Å²) >= 11 is 0. The highest BCUT2D eigenvalue weighted by Crippen LogP contribution is 2.14. The highest BCUT2D eigenvalue weighted by Gasteiger charge is 2.29. The van der Waals surface area contributed by atoms with Crippen molar-refractivity contribution >= 4 is 42.3 Å². The second-order valence-corrected chi connectivity index (χ2v) is 6.35. The molecule has 3 rings (SSSR count). The van der Waals surface area contributed by atoms with Crippen LogP contribution in [-0.2, 0) is 9.59 Å². The van der Waals surface area contributed by atoms with Crippen LogP contribution in [0.3, 0.4) is 0 Å². The van der Waals surface area contributed by atoms with E-state index in [0.29, 0.717) is 31.9 Å². The molecule has 2 N–H and O–H groups in total. The van der Waals surface area contributed by atoms with E-state index in [0.717, 1.165) is 19.5 Å². The predicted octanol–water partition coefficient (Wildman–Crippen LogP) is 1.36. The third-order valence-corrected chi connectivity index (χ3v) is 4.59. The Morgan fingerprint density at radius 3 is 2.35 bits per heavy atom. The Kier molecular flexibility index (Phi) is 9.29. The van der Waals surface area contributed by atoms with Crippen molar-refractivity contribution in [3.05, 3.63) is 30.1 Å². The lowest BCUT2D eigenvalue weighted by molar-refractivity contribution is -0.136. The van der Waals surface area contributed by atoms with Crippen molar-refractivity contribution in [1.82, 2.24) is 15.1 Å².